The van der Waals surface area contributed by atoms with Gasteiger partial charge in [0, 0.05) is 31.1 Å². The molecule has 0 unspecified atom stereocenters. The van der Waals surface area contributed by atoms with Gasteiger partial charge < -0.3 is 15.5 Å². The fourth-order valence-electron chi connectivity index (χ4n) is 3.04. The zero-order valence-corrected chi connectivity index (χ0v) is 12.6. The Balaban J connectivity index is 1.53. The number of benzene rings is 1. The van der Waals surface area contributed by atoms with Crippen molar-refractivity contribution in [3.63, 3.8) is 0 Å². The zero-order valence-electron chi connectivity index (χ0n) is 12.6. The van der Waals surface area contributed by atoms with E-state index in [-0.39, 0.29) is 30.8 Å². The highest BCUT2D eigenvalue weighted by Crippen LogP contribution is 2.27. The molecule has 0 aromatic heterocycles. The Morgan fingerprint density at radius 2 is 2.00 bits per heavy atom. The standard InChI is InChI=1S/C16H19F2N3O2/c17-16(18)6-7-21(10-16)15(23)13-8-12(9-19-13)20-14(22)11-4-2-1-3-5-11/h1-5,12-13,19H,6-10H2,(H,20,22)/t12-,13-/m0/s1. The summed E-state index contributed by atoms with van der Waals surface area (Å²) in [6, 6.07) is 8.13. The van der Waals surface area contributed by atoms with Crippen molar-refractivity contribution in [1.29, 1.82) is 0 Å². The third-order valence-electron chi connectivity index (χ3n) is 4.28. The molecule has 5 nitrogen and oxygen atoms in total. The van der Waals surface area contributed by atoms with Gasteiger partial charge in [-0.05, 0) is 18.6 Å². The average Bonchev–Trinajstić information content (AvgIpc) is 3.14. The first kappa shape index (κ1) is 15.9. The summed E-state index contributed by atoms with van der Waals surface area (Å²) in [6.07, 6.45) is 0.138. The Kier molecular flexibility index (Phi) is 4.30. The van der Waals surface area contributed by atoms with Crippen LogP contribution in [0.15, 0.2) is 30.3 Å². The van der Waals surface area contributed by atoms with Crippen molar-refractivity contribution in [2.45, 2.75) is 30.8 Å². The number of carbonyl (C=O) groups excluding carboxylic acids is 2. The summed E-state index contributed by atoms with van der Waals surface area (Å²) in [7, 11) is 0. The van der Waals surface area contributed by atoms with Gasteiger partial charge in [0.15, 0.2) is 0 Å². The minimum Gasteiger partial charge on any atom is -0.348 e. The summed E-state index contributed by atoms with van der Waals surface area (Å²) >= 11 is 0. The first-order valence-electron chi connectivity index (χ1n) is 7.70. The van der Waals surface area contributed by atoms with Crippen molar-refractivity contribution in [1.82, 2.24) is 15.5 Å². The van der Waals surface area contributed by atoms with Crippen molar-refractivity contribution >= 4 is 11.8 Å². The second-order valence-corrected chi connectivity index (χ2v) is 6.10. The third-order valence-corrected chi connectivity index (χ3v) is 4.28. The molecule has 23 heavy (non-hydrogen) atoms. The van der Waals surface area contributed by atoms with Gasteiger partial charge in [-0.2, -0.15) is 0 Å². The van der Waals surface area contributed by atoms with Crippen LogP contribution in [0.1, 0.15) is 23.2 Å². The van der Waals surface area contributed by atoms with Gasteiger partial charge in [-0.15, -0.1) is 0 Å². The highest BCUT2D eigenvalue weighted by molar-refractivity contribution is 5.94. The normalized spacial score (nSPS) is 26.3. The lowest BCUT2D eigenvalue weighted by atomic mass is 10.1. The number of nitrogens with zero attached hydrogens (tertiary/aromatic N) is 1. The maximum absolute atomic E-state index is 13.2. The van der Waals surface area contributed by atoms with E-state index >= 15 is 0 Å². The van der Waals surface area contributed by atoms with Crippen molar-refractivity contribution in [3.05, 3.63) is 35.9 Å². The summed E-state index contributed by atoms with van der Waals surface area (Å²) in [5, 5.41) is 5.88. The molecule has 2 N–H and O–H groups in total. The predicted molar refractivity (Wildman–Crippen MR) is 80.2 cm³/mol. The van der Waals surface area contributed by atoms with Gasteiger partial charge in [-0.25, -0.2) is 8.78 Å². The number of hydrogen-bond acceptors (Lipinski definition) is 3. The van der Waals surface area contributed by atoms with Crippen molar-refractivity contribution in [3.8, 4) is 0 Å². The number of alkyl halides is 2. The summed E-state index contributed by atoms with van der Waals surface area (Å²) in [4.78, 5) is 25.5. The fourth-order valence-corrected chi connectivity index (χ4v) is 3.04. The first-order chi connectivity index (χ1) is 10.9. The smallest absolute Gasteiger partial charge is 0.267 e. The van der Waals surface area contributed by atoms with E-state index in [0.717, 1.165) is 0 Å². The van der Waals surface area contributed by atoms with Gasteiger partial charge in [-0.1, -0.05) is 18.2 Å². The molecule has 0 bridgehead atoms. The van der Waals surface area contributed by atoms with Gasteiger partial charge in [0.25, 0.3) is 11.8 Å². The maximum Gasteiger partial charge on any atom is 0.267 e. The number of likely N-dealkylation sites (tertiary alicyclic amines) is 1. The monoisotopic (exact) mass is 323 g/mol. The predicted octanol–water partition coefficient (Wildman–Crippen LogP) is 1.01. The summed E-state index contributed by atoms with van der Waals surface area (Å²) in [5.41, 5.74) is 0.557. The van der Waals surface area contributed by atoms with E-state index in [1.807, 2.05) is 6.07 Å². The Labute approximate surface area is 133 Å². The number of halogens is 2. The molecule has 2 aliphatic heterocycles. The molecule has 3 rings (SSSR count). The summed E-state index contributed by atoms with van der Waals surface area (Å²) in [5.74, 6) is -3.29. The Bertz CT molecular complexity index is 594. The highest BCUT2D eigenvalue weighted by atomic mass is 19.3. The number of carbonyl (C=O) groups is 2. The van der Waals surface area contributed by atoms with Crippen LogP contribution in [0, 0.1) is 0 Å². The fraction of sp³-hybridized carbons (Fsp3) is 0.500. The first-order valence-corrected chi connectivity index (χ1v) is 7.70. The average molecular weight is 323 g/mol. The molecule has 2 heterocycles. The molecule has 2 atom stereocenters. The largest absolute Gasteiger partial charge is 0.348 e. The Hall–Kier alpha value is -2.02. The van der Waals surface area contributed by atoms with Gasteiger partial charge >= 0.3 is 0 Å². The van der Waals surface area contributed by atoms with Crippen LogP contribution in [0.3, 0.4) is 0 Å². The van der Waals surface area contributed by atoms with Gasteiger partial charge in [0.2, 0.25) is 5.91 Å². The molecule has 2 saturated heterocycles. The second-order valence-electron chi connectivity index (χ2n) is 6.10. The van der Waals surface area contributed by atoms with E-state index in [0.29, 0.717) is 18.5 Å². The third kappa shape index (κ3) is 3.67. The lowest BCUT2D eigenvalue weighted by Gasteiger charge is -2.20. The zero-order chi connectivity index (χ0) is 16.4. The Morgan fingerprint density at radius 1 is 1.26 bits per heavy atom. The van der Waals surface area contributed by atoms with Crippen LogP contribution < -0.4 is 10.6 Å². The molecule has 0 spiro atoms. The van der Waals surface area contributed by atoms with Crippen LogP contribution in [0.25, 0.3) is 0 Å². The van der Waals surface area contributed by atoms with E-state index in [4.69, 9.17) is 0 Å². The van der Waals surface area contributed by atoms with Crippen LogP contribution in [-0.4, -0.2) is 54.4 Å². The van der Waals surface area contributed by atoms with Crippen molar-refractivity contribution < 1.29 is 18.4 Å². The quantitative estimate of drug-likeness (QED) is 0.873. The molecule has 2 amide bonds. The lowest BCUT2D eigenvalue weighted by molar-refractivity contribution is -0.133. The molecule has 0 aliphatic carbocycles. The minimum atomic E-state index is -2.78. The summed E-state index contributed by atoms with van der Waals surface area (Å²) < 4.78 is 26.4. The molecule has 124 valence electrons. The van der Waals surface area contributed by atoms with Crippen molar-refractivity contribution in [2.75, 3.05) is 19.6 Å². The van der Waals surface area contributed by atoms with Crippen LogP contribution in [0.5, 0.6) is 0 Å². The molecular weight excluding hydrogens is 304 g/mol. The summed E-state index contributed by atoms with van der Waals surface area (Å²) in [6.45, 7) is 0.0370. The number of hydrogen-bond donors (Lipinski definition) is 2. The molecule has 2 aliphatic rings. The van der Waals surface area contributed by atoms with Gasteiger partial charge in [0.1, 0.15) is 0 Å². The van der Waals surface area contributed by atoms with Crippen LogP contribution >= 0.6 is 0 Å². The molecular formula is C16H19F2N3O2. The van der Waals surface area contributed by atoms with E-state index in [2.05, 4.69) is 10.6 Å². The van der Waals surface area contributed by atoms with E-state index in [9.17, 15) is 18.4 Å². The lowest BCUT2D eigenvalue weighted by Crippen LogP contribution is -2.43. The van der Waals surface area contributed by atoms with Gasteiger partial charge in [0.05, 0.1) is 12.6 Å². The second kappa shape index (κ2) is 6.23. The number of nitrogens with one attached hydrogen (secondary N) is 2. The molecule has 2 fully saturated rings. The number of rotatable bonds is 3. The molecule has 1 aromatic carbocycles. The molecule has 7 heteroatoms. The van der Waals surface area contributed by atoms with Crippen molar-refractivity contribution in [2.24, 2.45) is 0 Å². The number of amides is 2. The van der Waals surface area contributed by atoms with Gasteiger partial charge in [-0.3, -0.25) is 9.59 Å². The van der Waals surface area contributed by atoms with E-state index in [1.165, 1.54) is 4.90 Å². The Morgan fingerprint density at radius 3 is 2.65 bits per heavy atom. The minimum absolute atomic E-state index is 0.0883. The topological polar surface area (TPSA) is 61.4 Å². The van der Waals surface area contributed by atoms with Crippen LogP contribution in [0.4, 0.5) is 8.78 Å². The SMILES string of the molecule is O=C(N[C@@H]1CN[C@H](C(=O)N2CCC(F)(F)C2)C1)c1ccccc1. The maximum atomic E-state index is 13.2. The van der Waals surface area contributed by atoms with Crippen LogP contribution in [0.2, 0.25) is 0 Å². The van der Waals surface area contributed by atoms with Crippen LogP contribution in [-0.2, 0) is 4.79 Å². The molecule has 0 saturated carbocycles. The van der Waals surface area contributed by atoms with E-state index < -0.39 is 18.5 Å². The van der Waals surface area contributed by atoms with E-state index in [1.54, 1.807) is 24.3 Å². The highest BCUT2D eigenvalue weighted by Gasteiger charge is 2.43. The molecule has 0 radical (unpaired) electrons. The molecule has 1 aromatic rings.